The number of nitrogens with one attached hydrogen (secondary N) is 1. The van der Waals surface area contributed by atoms with Crippen molar-refractivity contribution >= 4 is 23.2 Å². The number of likely N-dealkylation sites (tertiary alicyclic amines) is 1. The molecule has 2 amide bonds. The topological polar surface area (TPSA) is 92.6 Å². The fourth-order valence-corrected chi connectivity index (χ4v) is 2.82. The molecule has 1 fully saturated rings. The summed E-state index contributed by atoms with van der Waals surface area (Å²) in [5.74, 6) is -1.35. The fourth-order valence-electron chi connectivity index (χ4n) is 2.82. The maximum atomic E-state index is 12.3. The van der Waals surface area contributed by atoms with Gasteiger partial charge in [-0.3, -0.25) is 19.7 Å². The number of hydrogen-bond acceptors (Lipinski definition) is 4. The van der Waals surface area contributed by atoms with E-state index in [4.69, 9.17) is 0 Å². The number of nitro groups is 1. The first-order chi connectivity index (χ1) is 10.4. The fraction of sp³-hybridized carbons (Fsp3) is 0.467. The summed E-state index contributed by atoms with van der Waals surface area (Å²) in [5.41, 5.74) is 0.106. The minimum Gasteiger partial charge on any atom is -0.329 e. The van der Waals surface area contributed by atoms with Crippen LogP contribution in [0.25, 0.3) is 0 Å². The summed E-state index contributed by atoms with van der Waals surface area (Å²) in [5, 5.41) is 13.2. The Labute approximate surface area is 128 Å². The molecule has 7 nitrogen and oxygen atoms in total. The van der Waals surface area contributed by atoms with E-state index in [9.17, 15) is 19.7 Å². The highest BCUT2D eigenvalue weighted by Crippen LogP contribution is 2.23. The van der Waals surface area contributed by atoms with Gasteiger partial charge in [0.05, 0.1) is 4.92 Å². The molecular weight excluding hydrogens is 286 g/mol. The molecule has 2 atom stereocenters. The number of benzene rings is 1. The van der Waals surface area contributed by atoms with Gasteiger partial charge in [0.1, 0.15) is 0 Å². The van der Waals surface area contributed by atoms with Crippen LogP contribution >= 0.6 is 0 Å². The number of hydrogen-bond donors (Lipinski definition) is 1. The van der Waals surface area contributed by atoms with Gasteiger partial charge < -0.3 is 10.2 Å². The Balaban J connectivity index is 2.09. The van der Waals surface area contributed by atoms with Crippen LogP contribution in [0.15, 0.2) is 24.3 Å². The Hall–Kier alpha value is -2.44. The highest BCUT2D eigenvalue weighted by atomic mass is 16.6. The van der Waals surface area contributed by atoms with Crippen LogP contribution in [0.1, 0.15) is 33.1 Å². The Kier molecular flexibility index (Phi) is 4.75. The first-order valence-electron chi connectivity index (χ1n) is 7.28. The van der Waals surface area contributed by atoms with Crippen molar-refractivity contribution in [1.29, 1.82) is 0 Å². The maximum Gasteiger partial charge on any atom is 0.313 e. The number of rotatable bonds is 2. The quantitative estimate of drug-likeness (QED) is 0.515. The van der Waals surface area contributed by atoms with Gasteiger partial charge in [-0.1, -0.05) is 6.07 Å². The van der Waals surface area contributed by atoms with E-state index in [0.717, 1.165) is 19.3 Å². The second kappa shape index (κ2) is 6.55. The second-order valence-electron chi connectivity index (χ2n) is 5.60. The predicted molar refractivity (Wildman–Crippen MR) is 81.3 cm³/mol. The van der Waals surface area contributed by atoms with Gasteiger partial charge >= 0.3 is 11.8 Å². The third-order valence-corrected chi connectivity index (χ3v) is 3.94. The van der Waals surface area contributed by atoms with E-state index in [0.29, 0.717) is 0 Å². The molecule has 22 heavy (non-hydrogen) atoms. The van der Waals surface area contributed by atoms with Gasteiger partial charge in [0, 0.05) is 29.9 Å². The molecule has 1 saturated heterocycles. The van der Waals surface area contributed by atoms with Crippen molar-refractivity contribution in [3.05, 3.63) is 34.4 Å². The highest BCUT2D eigenvalue weighted by molar-refractivity contribution is 6.39. The number of piperidine rings is 1. The zero-order chi connectivity index (χ0) is 16.3. The van der Waals surface area contributed by atoms with Crippen molar-refractivity contribution in [2.75, 3.05) is 5.32 Å². The van der Waals surface area contributed by atoms with Crippen LogP contribution in [0.2, 0.25) is 0 Å². The molecule has 1 aromatic carbocycles. The van der Waals surface area contributed by atoms with Gasteiger partial charge in [-0.05, 0) is 39.2 Å². The van der Waals surface area contributed by atoms with Crippen molar-refractivity contribution < 1.29 is 14.5 Å². The van der Waals surface area contributed by atoms with E-state index < -0.39 is 16.7 Å². The number of nitro benzene ring substituents is 1. The normalized spacial score (nSPS) is 21.3. The molecule has 0 saturated carbocycles. The van der Waals surface area contributed by atoms with Crippen LogP contribution in [-0.2, 0) is 9.59 Å². The van der Waals surface area contributed by atoms with Crippen molar-refractivity contribution in [2.24, 2.45) is 0 Å². The lowest BCUT2D eigenvalue weighted by atomic mass is 9.97. The Morgan fingerprint density at radius 1 is 1.27 bits per heavy atom. The minimum absolute atomic E-state index is 0.0205. The van der Waals surface area contributed by atoms with Crippen LogP contribution in [0.4, 0.5) is 11.4 Å². The molecule has 118 valence electrons. The molecule has 1 aromatic rings. The van der Waals surface area contributed by atoms with Crippen molar-refractivity contribution in [1.82, 2.24) is 4.90 Å². The Morgan fingerprint density at radius 2 is 1.91 bits per heavy atom. The van der Waals surface area contributed by atoms with Crippen LogP contribution < -0.4 is 5.32 Å². The molecule has 0 aliphatic carbocycles. The predicted octanol–water partition coefficient (Wildman–Crippen LogP) is 2.32. The Bertz CT molecular complexity index is 592. The van der Waals surface area contributed by atoms with E-state index in [1.54, 1.807) is 4.90 Å². The van der Waals surface area contributed by atoms with Crippen LogP contribution in [0, 0.1) is 10.1 Å². The van der Waals surface area contributed by atoms with Gasteiger partial charge in [0.15, 0.2) is 0 Å². The largest absolute Gasteiger partial charge is 0.329 e. The molecule has 1 heterocycles. The monoisotopic (exact) mass is 305 g/mol. The van der Waals surface area contributed by atoms with Crippen molar-refractivity contribution in [3.63, 3.8) is 0 Å². The molecule has 7 heteroatoms. The summed E-state index contributed by atoms with van der Waals surface area (Å²) in [7, 11) is 0. The smallest absolute Gasteiger partial charge is 0.313 e. The third kappa shape index (κ3) is 3.41. The maximum absolute atomic E-state index is 12.3. The lowest BCUT2D eigenvalue weighted by Gasteiger charge is -2.38. The van der Waals surface area contributed by atoms with Gasteiger partial charge in [0.2, 0.25) is 0 Å². The van der Waals surface area contributed by atoms with Gasteiger partial charge in [-0.25, -0.2) is 0 Å². The Morgan fingerprint density at radius 3 is 2.50 bits per heavy atom. The van der Waals surface area contributed by atoms with E-state index in [2.05, 4.69) is 5.32 Å². The van der Waals surface area contributed by atoms with Crippen molar-refractivity contribution in [3.8, 4) is 0 Å². The summed E-state index contributed by atoms with van der Waals surface area (Å²) in [6.45, 7) is 3.85. The molecule has 1 aliphatic heterocycles. The summed E-state index contributed by atoms with van der Waals surface area (Å²) >= 11 is 0. The highest BCUT2D eigenvalue weighted by Gasteiger charge is 2.32. The van der Waals surface area contributed by atoms with Gasteiger partial charge in [0.25, 0.3) is 5.69 Å². The van der Waals surface area contributed by atoms with E-state index in [1.807, 2.05) is 13.8 Å². The summed E-state index contributed by atoms with van der Waals surface area (Å²) in [4.78, 5) is 36.2. The first-order valence-corrected chi connectivity index (χ1v) is 7.28. The SMILES string of the molecule is CC1CCCC(C)N1C(=O)C(=O)Nc1cccc([N+](=O)[O-])c1. The molecule has 1 aliphatic rings. The second-order valence-corrected chi connectivity index (χ2v) is 5.60. The van der Waals surface area contributed by atoms with Crippen LogP contribution in [-0.4, -0.2) is 33.7 Å². The van der Waals surface area contributed by atoms with Gasteiger partial charge in [-0.2, -0.15) is 0 Å². The molecule has 2 rings (SSSR count). The summed E-state index contributed by atoms with van der Waals surface area (Å²) in [6, 6.07) is 5.57. The average molecular weight is 305 g/mol. The zero-order valence-corrected chi connectivity index (χ0v) is 12.6. The summed E-state index contributed by atoms with van der Waals surface area (Å²) < 4.78 is 0. The number of non-ortho nitro benzene ring substituents is 1. The summed E-state index contributed by atoms with van der Waals surface area (Å²) in [6.07, 6.45) is 2.79. The number of carbonyl (C=O) groups excluding carboxylic acids is 2. The van der Waals surface area contributed by atoms with Gasteiger partial charge in [-0.15, -0.1) is 0 Å². The lowest BCUT2D eigenvalue weighted by molar-refractivity contribution is -0.384. The molecule has 0 spiro atoms. The van der Waals surface area contributed by atoms with E-state index >= 15 is 0 Å². The number of carbonyl (C=O) groups is 2. The number of amides is 2. The lowest BCUT2D eigenvalue weighted by Crippen LogP contribution is -2.51. The first kappa shape index (κ1) is 15.9. The third-order valence-electron chi connectivity index (χ3n) is 3.94. The standard InChI is InChI=1S/C15H19N3O4/c1-10-5-3-6-11(2)17(10)15(20)14(19)16-12-7-4-8-13(9-12)18(21)22/h4,7-11H,3,5-6H2,1-2H3,(H,16,19). The number of nitrogens with zero attached hydrogens (tertiary/aromatic N) is 2. The van der Waals surface area contributed by atoms with Crippen molar-refractivity contribution in [2.45, 2.75) is 45.2 Å². The minimum atomic E-state index is -0.763. The van der Waals surface area contributed by atoms with Crippen LogP contribution in [0.5, 0.6) is 0 Å². The van der Waals surface area contributed by atoms with E-state index in [-0.39, 0.29) is 23.5 Å². The number of anilines is 1. The average Bonchev–Trinajstić information content (AvgIpc) is 2.47. The molecule has 2 unspecified atom stereocenters. The van der Waals surface area contributed by atoms with E-state index in [1.165, 1.54) is 24.3 Å². The molecular formula is C15H19N3O4. The van der Waals surface area contributed by atoms with Crippen LogP contribution in [0.3, 0.4) is 0 Å². The molecule has 0 radical (unpaired) electrons. The molecule has 1 N–H and O–H groups in total. The molecule has 0 bridgehead atoms. The molecule has 0 aromatic heterocycles. The zero-order valence-electron chi connectivity index (χ0n) is 12.6.